The molecule has 2 saturated heterocycles. The summed E-state index contributed by atoms with van der Waals surface area (Å²) in [6, 6.07) is 0.0255. The molecule has 25 heavy (non-hydrogen) atoms. The van der Waals surface area contributed by atoms with Crippen molar-refractivity contribution in [1.29, 1.82) is 0 Å². The Kier molecular flexibility index (Phi) is 9.64. The van der Waals surface area contributed by atoms with Crippen molar-refractivity contribution in [2.24, 2.45) is 5.92 Å². The number of amides is 1. The third-order valence-electron chi connectivity index (χ3n) is 4.76. The fraction of sp³-hybridized carbons (Fsp3) is 0.706. The highest BCUT2D eigenvalue weighted by atomic mass is 35.5. The molecule has 2 atom stereocenters. The van der Waals surface area contributed by atoms with E-state index in [1.54, 1.807) is 0 Å². The van der Waals surface area contributed by atoms with Crippen molar-refractivity contribution in [2.75, 3.05) is 26.2 Å². The van der Waals surface area contributed by atoms with E-state index < -0.39 is 0 Å². The molecule has 1 amide bonds. The number of carbonyl (C=O) groups is 1. The van der Waals surface area contributed by atoms with Crippen molar-refractivity contribution >= 4 is 30.7 Å². The van der Waals surface area contributed by atoms with Crippen LogP contribution in [0, 0.1) is 12.8 Å². The fourth-order valence-corrected chi connectivity index (χ4v) is 3.47. The van der Waals surface area contributed by atoms with Gasteiger partial charge in [0.1, 0.15) is 0 Å². The minimum absolute atomic E-state index is 0. The minimum Gasteiger partial charge on any atom is -0.354 e. The van der Waals surface area contributed by atoms with Gasteiger partial charge >= 0.3 is 0 Å². The lowest BCUT2D eigenvalue weighted by Gasteiger charge is -2.32. The molecule has 1 aromatic heterocycles. The Hall–Kier alpha value is -0.950. The summed E-state index contributed by atoms with van der Waals surface area (Å²) in [4.78, 5) is 23.3. The standard InChI is InChI=1S/C17H27N5O.2ClH/c1-13-8-20-15(10-19-13)12-22-7-3-4-14(11-22)9-21-17(23)16-5-2-6-18-16;;/h8,10,14,16,18H,2-7,9,11-12H2,1H3,(H,21,23);2*1H. The lowest BCUT2D eigenvalue weighted by Crippen LogP contribution is -2.45. The minimum atomic E-state index is 0. The van der Waals surface area contributed by atoms with Gasteiger partial charge in [-0.2, -0.15) is 0 Å². The molecule has 0 aromatic carbocycles. The molecule has 1 aromatic rings. The van der Waals surface area contributed by atoms with Crippen molar-refractivity contribution in [3.63, 3.8) is 0 Å². The quantitative estimate of drug-likeness (QED) is 0.801. The van der Waals surface area contributed by atoms with Crippen molar-refractivity contribution in [3.8, 4) is 0 Å². The van der Waals surface area contributed by atoms with Crippen molar-refractivity contribution in [3.05, 3.63) is 23.8 Å². The number of piperidine rings is 1. The van der Waals surface area contributed by atoms with Crippen LogP contribution in [0.4, 0.5) is 0 Å². The first-order chi connectivity index (χ1) is 11.2. The molecule has 8 heteroatoms. The largest absolute Gasteiger partial charge is 0.354 e. The van der Waals surface area contributed by atoms with Gasteiger partial charge in [0.2, 0.25) is 5.91 Å². The molecular weight excluding hydrogens is 361 g/mol. The maximum absolute atomic E-state index is 12.1. The number of likely N-dealkylation sites (tertiary alicyclic amines) is 1. The van der Waals surface area contributed by atoms with E-state index >= 15 is 0 Å². The molecule has 3 rings (SSSR count). The zero-order valence-electron chi connectivity index (χ0n) is 14.7. The Morgan fingerprint density at radius 2 is 2.12 bits per heavy atom. The molecule has 2 N–H and O–H groups in total. The lowest BCUT2D eigenvalue weighted by atomic mass is 9.97. The Morgan fingerprint density at radius 1 is 1.28 bits per heavy atom. The second kappa shape index (κ2) is 10.9. The molecule has 0 radical (unpaired) electrons. The van der Waals surface area contributed by atoms with Gasteiger partial charge in [-0.3, -0.25) is 19.7 Å². The second-order valence-corrected chi connectivity index (χ2v) is 6.79. The summed E-state index contributed by atoms with van der Waals surface area (Å²) in [5, 5.41) is 6.38. The van der Waals surface area contributed by atoms with E-state index in [4.69, 9.17) is 0 Å². The molecule has 2 unspecified atom stereocenters. The van der Waals surface area contributed by atoms with Crippen LogP contribution in [0.5, 0.6) is 0 Å². The Balaban J connectivity index is 0.00000156. The number of aryl methyl sites for hydroxylation is 1. The highest BCUT2D eigenvalue weighted by Crippen LogP contribution is 2.17. The van der Waals surface area contributed by atoms with Crippen LogP contribution >= 0.6 is 24.8 Å². The maximum Gasteiger partial charge on any atom is 0.237 e. The molecule has 0 spiro atoms. The number of halogens is 2. The molecule has 6 nitrogen and oxygen atoms in total. The molecule has 0 aliphatic carbocycles. The third-order valence-corrected chi connectivity index (χ3v) is 4.76. The number of rotatable bonds is 5. The molecule has 2 aliphatic heterocycles. The summed E-state index contributed by atoms with van der Waals surface area (Å²) in [6.07, 6.45) is 8.13. The van der Waals surface area contributed by atoms with Crippen LogP contribution in [0.25, 0.3) is 0 Å². The van der Waals surface area contributed by atoms with Crippen molar-refractivity contribution in [1.82, 2.24) is 25.5 Å². The van der Waals surface area contributed by atoms with Crippen LogP contribution in [0.15, 0.2) is 12.4 Å². The first-order valence-corrected chi connectivity index (χ1v) is 8.71. The Bertz CT molecular complexity index is 522. The Morgan fingerprint density at radius 3 is 2.80 bits per heavy atom. The van der Waals surface area contributed by atoms with E-state index in [1.165, 1.54) is 12.8 Å². The van der Waals surface area contributed by atoms with E-state index in [2.05, 4.69) is 25.5 Å². The maximum atomic E-state index is 12.1. The molecule has 0 bridgehead atoms. The smallest absolute Gasteiger partial charge is 0.237 e. The summed E-state index contributed by atoms with van der Waals surface area (Å²) in [6.45, 7) is 6.68. The Labute approximate surface area is 162 Å². The average molecular weight is 390 g/mol. The average Bonchev–Trinajstić information content (AvgIpc) is 3.10. The van der Waals surface area contributed by atoms with E-state index in [0.717, 1.165) is 57.0 Å². The normalized spacial score (nSPS) is 23.4. The van der Waals surface area contributed by atoms with Crippen LogP contribution in [-0.2, 0) is 11.3 Å². The first kappa shape index (κ1) is 22.1. The highest BCUT2D eigenvalue weighted by Gasteiger charge is 2.24. The van der Waals surface area contributed by atoms with Gasteiger partial charge in [0.05, 0.1) is 17.4 Å². The summed E-state index contributed by atoms with van der Waals surface area (Å²) in [7, 11) is 0. The molecule has 3 heterocycles. The van der Waals surface area contributed by atoms with Crippen LogP contribution in [0.1, 0.15) is 37.1 Å². The zero-order valence-corrected chi connectivity index (χ0v) is 16.4. The van der Waals surface area contributed by atoms with Crippen LogP contribution < -0.4 is 10.6 Å². The summed E-state index contributed by atoms with van der Waals surface area (Å²) in [5.41, 5.74) is 1.98. The van der Waals surface area contributed by atoms with Crippen LogP contribution in [0.3, 0.4) is 0 Å². The highest BCUT2D eigenvalue weighted by molar-refractivity contribution is 5.85. The summed E-state index contributed by atoms with van der Waals surface area (Å²) in [5.74, 6) is 0.705. The molecular formula is C17H29Cl2N5O. The number of carbonyl (C=O) groups excluding carboxylic acids is 1. The van der Waals surface area contributed by atoms with Gasteiger partial charge in [0, 0.05) is 32.0 Å². The third kappa shape index (κ3) is 6.70. The van der Waals surface area contributed by atoms with Gasteiger partial charge in [-0.05, 0) is 51.6 Å². The van der Waals surface area contributed by atoms with Gasteiger partial charge < -0.3 is 10.6 Å². The monoisotopic (exact) mass is 389 g/mol. The number of aromatic nitrogens is 2. The van der Waals surface area contributed by atoms with E-state index in [1.807, 2.05) is 19.3 Å². The predicted molar refractivity (Wildman–Crippen MR) is 103 cm³/mol. The van der Waals surface area contributed by atoms with Crippen LogP contribution in [0.2, 0.25) is 0 Å². The fourth-order valence-electron chi connectivity index (χ4n) is 3.47. The summed E-state index contributed by atoms with van der Waals surface area (Å²) >= 11 is 0. The van der Waals surface area contributed by atoms with E-state index in [0.29, 0.717) is 5.92 Å². The van der Waals surface area contributed by atoms with Gasteiger partial charge in [-0.15, -0.1) is 24.8 Å². The number of nitrogens with zero attached hydrogens (tertiary/aromatic N) is 3. The van der Waals surface area contributed by atoms with Gasteiger partial charge in [0.25, 0.3) is 0 Å². The number of hydrogen-bond acceptors (Lipinski definition) is 5. The molecule has 2 fully saturated rings. The van der Waals surface area contributed by atoms with Gasteiger partial charge in [0.15, 0.2) is 0 Å². The van der Waals surface area contributed by atoms with E-state index in [-0.39, 0.29) is 36.8 Å². The van der Waals surface area contributed by atoms with Crippen molar-refractivity contribution < 1.29 is 4.79 Å². The van der Waals surface area contributed by atoms with Gasteiger partial charge in [-0.1, -0.05) is 0 Å². The van der Waals surface area contributed by atoms with Crippen molar-refractivity contribution in [2.45, 2.75) is 45.2 Å². The van der Waals surface area contributed by atoms with Crippen LogP contribution in [-0.4, -0.2) is 53.0 Å². The molecule has 2 aliphatic rings. The SMILES string of the molecule is Cc1cnc(CN2CCCC(CNC(=O)C3CCCN3)C2)cn1.Cl.Cl. The predicted octanol–water partition coefficient (Wildman–Crippen LogP) is 1.71. The number of nitrogens with one attached hydrogen (secondary N) is 2. The lowest BCUT2D eigenvalue weighted by molar-refractivity contribution is -0.123. The zero-order chi connectivity index (χ0) is 16.1. The topological polar surface area (TPSA) is 70.2 Å². The second-order valence-electron chi connectivity index (χ2n) is 6.79. The van der Waals surface area contributed by atoms with Gasteiger partial charge in [-0.25, -0.2) is 0 Å². The molecule has 142 valence electrons. The van der Waals surface area contributed by atoms with E-state index in [9.17, 15) is 4.79 Å². The summed E-state index contributed by atoms with van der Waals surface area (Å²) < 4.78 is 0. The number of hydrogen-bond donors (Lipinski definition) is 2. The first-order valence-electron chi connectivity index (χ1n) is 8.71. The molecule has 0 saturated carbocycles.